The molecular weight excluding hydrogens is 531 g/mol. The second kappa shape index (κ2) is 11.0. The van der Waals surface area contributed by atoms with Crippen LogP contribution in [0.15, 0.2) is 28.0 Å². The van der Waals surface area contributed by atoms with Gasteiger partial charge in [0.2, 0.25) is 0 Å². The number of fused-ring (bicyclic) bond motifs is 1. The van der Waals surface area contributed by atoms with Crippen LogP contribution in [-0.2, 0) is 32.2 Å². The van der Waals surface area contributed by atoms with Crippen molar-refractivity contribution in [3.8, 4) is 0 Å². The normalized spacial score (nSPS) is 14.0. The van der Waals surface area contributed by atoms with Crippen LogP contribution in [0.5, 0.6) is 0 Å². The van der Waals surface area contributed by atoms with Crippen molar-refractivity contribution in [3.63, 3.8) is 0 Å². The molecule has 7 nitrogen and oxygen atoms in total. The number of aromatic nitrogens is 3. The lowest BCUT2D eigenvalue weighted by Crippen LogP contribution is -2.38. The summed E-state index contributed by atoms with van der Waals surface area (Å²) in [4.78, 5) is 16.3. The van der Waals surface area contributed by atoms with E-state index < -0.39 is 17.6 Å². The molecule has 0 unspecified atom stereocenters. The molecule has 31 heavy (non-hydrogen) atoms. The SMILES string of the molecule is CN=C(NCCCn1nc2n(c1=O)CCCC2)NCc1ccc(F)cc1C(F)(F)F.I. The van der Waals surface area contributed by atoms with Crippen LogP contribution in [0.1, 0.15) is 36.2 Å². The molecule has 2 aromatic rings. The first-order chi connectivity index (χ1) is 14.3. The molecule has 0 spiro atoms. The molecule has 2 N–H and O–H groups in total. The Morgan fingerprint density at radius 2 is 2.03 bits per heavy atom. The number of nitrogens with one attached hydrogen (secondary N) is 2. The third-order valence-corrected chi connectivity index (χ3v) is 4.92. The van der Waals surface area contributed by atoms with Crippen LogP contribution in [0.25, 0.3) is 0 Å². The van der Waals surface area contributed by atoms with Crippen LogP contribution in [0.4, 0.5) is 17.6 Å². The van der Waals surface area contributed by atoms with Crippen molar-refractivity contribution in [1.82, 2.24) is 25.0 Å². The maximum Gasteiger partial charge on any atom is 0.416 e. The van der Waals surface area contributed by atoms with Crippen molar-refractivity contribution in [2.45, 2.75) is 51.5 Å². The van der Waals surface area contributed by atoms with Gasteiger partial charge in [0.25, 0.3) is 0 Å². The quantitative estimate of drug-likeness (QED) is 0.189. The number of alkyl halides is 3. The second-order valence-electron chi connectivity index (χ2n) is 7.04. The number of aryl methyl sites for hydroxylation is 2. The maximum atomic E-state index is 13.2. The molecule has 1 aliphatic rings. The molecule has 0 atom stereocenters. The molecule has 12 heteroatoms. The number of aliphatic imine (C=N–C) groups is 1. The first-order valence-electron chi connectivity index (χ1n) is 9.76. The van der Waals surface area contributed by atoms with E-state index in [-0.39, 0.29) is 41.8 Å². The third-order valence-electron chi connectivity index (χ3n) is 4.92. The van der Waals surface area contributed by atoms with Gasteiger partial charge in [-0.05, 0) is 37.0 Å². The second-order valence-corrected chi connectivity index (χ2v) is 7.04. The molecule has 1 aromatic carbocycles. The summed E-state index contributed by atoms with van der Waals surface area (Å²) in [5.74, 6) is 0.185. The molecule has 172 valence electrons. The Hall–Kier alpha value is -2.12. The summed E-state index contributed by atoms with van der Waals surface area (Å²) >= 11 is 0. The molecule has 0 fully saturated rings. The zero-order chi connectivity index (χ0) is 21.7. The zero-order valence-electron chi connectivity index (χ0n) is 17.0. The van der Waals surface area contributed by atoms with Gasteiger partial charge in [0, 0.05) is 39.6 Å². The number of rotatable bonds is 6. The van der Waals surface area contributed by atoms with E-state index in [9.17, 15) is 22.4 Å². The lowest BCUT2D eigenvalue weighted by Gasteiger charge is -2.16. The van der Waals surface area contributed by atoms with E-state index in [1.165, 1.54) is 11.7 Å². The fraction of sp³-hybridized carbons (Fsp3) is 0.526. The lowest BCUT2D eigenvalue weighted by atomic mass is 10.1. The standard InChI is InChI=1S/C19H24F4N6O.HI/c1-24-17(26-12-13-6-7-14(20)11-15(13)19(21,22)23)25-8-4-10-29-18(30)28-9-3-2-5-16(28)27-29;/h6-7,11H,2-5,8-10,12H2,1H3,(H2,24,25,26);1H. The highest BCUT2D eigenvalue weighted by molar-refractivity contribution is 14.0. The Morgan fingerprint density at radius 1 is 1.26 bits per heavy atom. The van der Waals surface area contributed by atoms with E-state index in [1.54, 1.807) is 4.57 Å². The first kappa shape index (κ1) is 25.1. The number of hydrogen-bond donors (Lipinski definition) is 2. The summed E-state index contributed by atoms with van der Waals surface area (Å²) < 4.78 is 55.6. The number of guanidine groups is 1. The van der Waals surface area contributed by atoms with Crippen molar-refractivity contribution in [2.24, 2.45) is 4.99 Å². The van der Waals surface area contributed by atoms with Crippen molar-refractivity contribution >= 4 is 29.9 Å². The average molecular weight is 556 g/mol. The van der Waals surface area contributed by atoms with E-state index in [0.717, 1.165) is 37.2 Å². The minimum absolute atomic E-state index is 0. The minimum Gasteiger partial charge on any atom is -0.356 e. The largest absolute Gasteiger partial charge is 0.416 e. The number of hydrogen-bond acceptors (Lipinski definition) is 3. The molecule has 0 radical (unpaired) electrons. The molecular formula is C19H25F4IN6O. The number of benzene rings is 1. The smallest absolute Gasteiger partial charge is 0.356 e. The fourth-order valence-electron chi connectivity index (χ4n) is 3.40. The van der Waals surface area contributed by atoms with E-state index >= 15 is 0 Å². The van der Waals surface area contributed by atoms with Crippen molar-refractivity contribution in [1.29, 1.82) is 0 Å². The molecule has 1 aromatic heterocycles. The third kappa shape index (κ3) is 6.43. The first-order valence-corrected chi connectivity index (χ1v) is 9.76. The summed E-state index contributed by atoms with van der Waals surface area (Å²) in [7, 11) is 1.50. The summed E-state index contributed by atoms with van der Waals surface area (Å²) in [6.45, 7) is 1.41. The highest BCUT2D eigenvalue weighted by Crippen LogP contribution is 2.32. The average Bonchev–Trinajstić information content (AvgIpc) is 3.03. The van der Waals surface area contributed by atoms with Gasteiger partial charge >= 0.3 is 11.9 Å². The summed E-state index contributed by atoms with van der Waals surface area (Å²) in [6.07, 6.45) is -1.24. The maximum absolute atomic E-state index is 13.2. The topological polar surface area (TPSA) is 76.2 Å². The van der Waals surface area contributed by atoms with E-state index in [2.05, 4.69) is 20.7 Å². The van der Waals surface area contributed by atoms with Gasteiger partial charge in [-0.15, -0.1) is 24.0 Å². The van der Waals surface area contributed by atoms with Crippen LogP contribution in [0.3, 0.4) is 0 Å². The van der Waals surface area contributed by atoms with Gasteiger partial charge in [0.1, 0.15) is 11.6 Å². The highest BCUT2D eigenvalue weighted by Gasteiger charge is 2.33. The molecule has 0 aliphatic carbocycles. The van der Waals surface area contributed by atoms with E-state index in [1.807, 2.05) is 0 Å². The van der Waals surface area contributed by atoms with E-state index in [0.29, 0.717) is 38.1 Å². The Bertz CT molecular complexity index is 969. The monoisotopic (exact) mass is 556 g/mol. The Kier molecular flexibility index (Phi) is 8.89. The van der Waals surface area contributed by atoms with Gasteiger partial charge in [0.05, 0.1) is 5.56 Å². The van der Waals surface area contributed by atoms with Crippen molar-refractivity contribution in [3.05, 3.63) is 51.5 Å². The Labute approximate surface area is 193 Å². The summed E-state index contributed by atoms with van der Waals surface area (Å²) in [5, 5.41) is 10.1. The number of nitrogens with zero attached hydrogens (tertiary/aromatic N) is 4. The molecule has 0 amide bonds. The lowest BCUT2D eigenvalue weighted by molar-refractivity contribution is -0.138. The van der Waals surface area contributed by atoms with E-state index in [4.69, 9.17) is 0 Å². The molecule has 3 rings (SSSR count). The van der Waals surface area contributed by atoms with Gasteiger partial charge in [0.15, 0.2) is 5.96 Å². The van der Waals surface area contributed by atoms with Crippen LogP contribution in [0, 0.1) is 5.82 Å². The van der Waals surface area contributed by atoms with Crippen molar-refractivity contribution < 1.29 is 17.6 Å². The molecule has 0 saturated carbocycles. The minimum atomic E-state index is -4.65. The molecule has 0 saturated heterocycles. The van der Waals surface area contributed by atoms with Crippen LogP contribution in [0.2, 0.25) is 0 Å². The van der Waals surface area contributed by atoms with Gasteiger partial charge in [-0.25, -0.2) is 13.9 Å². The Morgan fingerprint density at radius 3 is 2.71 bits per heavy atom. The molecule has 1 aliphatic heterocycles. The molecule has 0 bridgehead atoms. The fourth-order valence-corrected chi connectivity index (χ4v) is 3.40. The predicted octanol–water partition coefficient (Wildman–Crippen LogP) is 2.91. The number of halogens is 5. The van der Waals surface area contributed by atoms with Gasteiger partial charge in [-0.3, -0.25) is 9.56 Å². The van der Waals surface area contributed by atoms with Crippen molar-refractivity contribution in [2.75, 3.05) is 13.6 Å². The predicted molar refractivity (Wildman–Crippen MR) is 119 cm³/mol. The highest BCUT2D eigenvalue weighted by atomic mass is 127. The van der Waals surface area contributed by atoms with Gasteiger partial charge in [-0.1, -0.05) is 6.07 Å². The van der Waals surface area contributed by atoms with Crippen LogP contribution in [-0.4, -0.2) is 33.9 Å². The zero-order valence-corrected chi connectivity index (χ0v) is 19.3. The Balaban J connectivity index is 0.00000341. The van der Waals surface area contributed by atoms with Crippen LogP contribution >= 0.6 is 24.0 Å². The van der Waals surface area contributed by atoms with Gasteiger partial charge < -0.3 is 10.6 Å². The summed E-state index contributed by atoms with van der Waals surface area (Å²) in [5.41, 5.74) is -1.21. The van der Waals surface area contributed by atoms with Gasteiger partial charge in [-0.2, -0.15) is 18.3 Å². The summed E-state index contributed by atoms with van der Waals surface area (Å²) in [6, 6.07) is 2.57. The molecule has 2 heterocycles. The van der Waals surface area contributed by atoms with Crippen LogP contribution < -0.4 is 16.3 Å².